The van der Waals surface area contributed by atoms with E-state index in [1.807, 2.05) is 0 Å². The van der Waals surface area contributed by atoms with Crippen LogP contribution in [-0.4, -0.2) is 49.5 Å². The largest absolute Gasteiger partial charge is 0.465 e. The van der Waals surface area contributed by atoms with Crippen molar-refractivity contribution in [1.29, 1.82) is 0 Å². The maximum atomic E-state index is 11.5. The molecule has 0 saturated heterocycles. The number of carbonyl (C=O) groups excluding carboxylic acids is 1. The molecule has 1 aromatic rings. The lowest BCUT2D eigenvalue weighted by Crippen LogP contribution is -2.22. The lowest BCUT2D eigenvalue weighted by atomic mass is 10.2. The number of esters is 1. The van der Waals surface area contributed by atoms with Crippen LogP contribution in [0.15, 0.2) is 18.3 Å². The van der Waals surface area contributed by atoms with E-state index in [-0.39, 0.29) is 6.61 Å². The minimum absolute atomic E-state index is 0.0206. The first kappa shape index (κ1) is 14.6. The van der Waals surface area contributed by atoms with Crippen LogP contribution < -0.4 is 5.32 Å². The summed E-state index contributed by atoms with van der Waals surface area (Å²) >= 11 is 0. The van der Waals surface area contributed by atoms with Crippen LogP contribution in [0.1, 0.15) is 16.1 Å². The van der Waals surface area contributed by atoms with Gasteiger partial charge in [0.25, 0.3) is 0 Å². The van der Waals surface area contributed by atoms with Crippen molar-refractivity contribution in [3.63, 3.8) is 0 Å². The number of carbonyl (C=O) groups is 1. The molecule has 100 valence electrons. The monoisotopic (exact) mass is 254 g/mol. The average molecular weight is 254 g/mol. The summed E-state index contributed by atoms with van der Waals surface area (Å²) < 4.78 is 9.77. The number of aromatic nitrogens is 1. The number of nitrogens with one attached hydrogen (secondary N) is 1. The smallest absolute Gasteiger partial charge is 0.339 e. The molecule has 1 heterocycles. The van der Waals surface area contributed by atoms with Gasteiger partial charge in [0.1, 0.15) is 0 Å². The summed E-state index contributed by atoms with van der Waals surface area (Å²) in [6.45, 7) is 1.94. The fraction of sp³-hybridized carbons (Fsp3) is 0.500. The van der Waals surface area contributed by atoms with Crippen LogP contribution >= 0.6 is 0 Å². The standard InChI is InChI=1S/C12H18N2O4/c1-17-12(16)10-3-2-4-14-11(10)9-13-5-7-18-8-6-15/h2-4,13,15H,5-9H2,1H3. The second-order valence-electron chi connectivity index (χ2n) is 3.50. The fourth-order valence-corrected chi connectivity index (χ4v) is 1.39. The van der Waals surface area contributed by atoms with Crippen LogP contribution in [0, 0.1) is 0 Å². The van der Waals surface area contributed by atoms with E-state index in [2.05, 4.69) is 15.0 Å². The van der Waals surface area contributed by atoms with Gasteiger partial charge in [0, 0.05) is 19.3 Å². The van der Waals surface area contributed by atoms with Crippen molar-refractivity contribution in [2.75, 3.05) is 33.5 Å². The van der Waals surface area contributed by atoms with Gasteiger partial charge in [-0.1, -0.05) is 0 Å². The van der Waals surface area contributed by atoms with Gasteiger partial charge < -0.3 is 19.9 Å². The van der Waals surface area contributed by atoms with Gasteiger partial charge in [-0.05, 0) is 12.1 Å². The van der Waals surface area contributed by atoms with Crippen LogP contribution in [-0.2, 0) is 16.0 Å². The number of pyridine rings is 1. The second kappa shape index (κ2) is 8.57. The average Bonchev–Trinajstić information content (AvgIpc) is 2.42. The van der Waals surface area contributed by atoms with Gasteiger partial charge in [-0.25, -0.2) is 4.79 Å². The van der Waals surface area contributed by atoms with Gasteiger partial charge in [0.15, 0.2) is 0 Å². The van der Waals surface area contributed by atoms with Crippen molar-refractivity contribution >= 4 is 5.97 Å². The zero-order chi connectivity index (χ0) is 13.2. The van der Waals surface area contributed by atoms with E-state index < -0.39 is 5.97 Å². The number of rotatable bonds is 8. The van der Waals surface area contributed by atoms with Crippen LogP contribution in [0.3, 0.4) is 0 Å². The molecule has 6 nitrogen and oxygen atoms in total. The zero-order valence-corrected chi connectivity index (χ0v) is 10.4. The fourth-order valence-electron chi connectivity index (χ4n) is 1.39. The molecule has 0 aliphatic heterocycles. The molecule has 0 unspecified atom stereocenters. The third-order valence-electron chi connectivity index (χ3n) is 2.25. The van der Waals surface area contributed by atoms with Crippen molar-refractivity contribution in [3.8, 4) is 0 Å². The molecule has 0 atom stereocenters. The molecule has 0 saturated carbocycles. The van der Waals surface area contributed by atoms with Crippen LogP contribution in [0.25, 0.3) is 0 Å². The highest BCUT2D eigenvalue weighted by Crippen LogP contribution is 2.06. The topological polar surface area (TPSA) is 80.7 Å². The Morgan fingerprint density at radius 2 is 2.33 bits per heavy atom. The third kappa shape index (κ3) is 4.79. The first-order valence-corrected chi connectivity index (χ1v) is 5.71. The Labute approximate surface area is 106 Å². The molecule has 18 heavy (non-hydrogen) atoms. The molecule has 0 bridgehead atoms. The number of aliphatic hydroxyl groups is 1. The van der Waals surface area contributed by atoms with E-state index in [9.17, 15) is 4.79 Å². The Kier molecular flexibility index (Phi) is 6.93. The first-order chi connectivity index (χ1) is 8.79. The van der Waals surface area contributed by atoms with Crippen LogP contribution in [0.4, 0.5) is 0 Å². The summed E-state index contributed by atoms with van der Waals surface area (Å²) in [5.41, 5.74) is 1.11. The van der Waals surface area contributed by atoms with Crippen LogP contribution in [0.5, 0.6) is 0 Å². The Hall–Kier alpha value is -1.50. The quantitative estimate of drug-likeness (QED) is 0.501. The summed E-state index contributed by atoms with van der Waals surface area (Å²) in [5.74, 6) is -0.392. The van der Waals surface area contributed by atoms with Gasteiger partial charge in [0.2, 0.25) is 0 Å². The number of aliphatic hydroxyl groups excluding tert-OH is 1. The third-order valence-corrected chi connectivity index (χ3v) is 2.25. The summed E-state index contributed by atoms with van der Waals surface area (Å²) in [6, 6.07) is 3.37. The Morgan fingerprint density at radius 1 is 1.50 bits per heavy atom. The minimum Gasteiger partial charge on any atom is -0.465 e. The summed E-state index contributed by atoms with van der Waals surface area (Å²) in [5, 5.41) is 11.6. The SMILES string of the molecule is COC(=O)c1cccnc1CNCCOCCO. The molecule has 0 aliphatic rings. The number of hydrogen-bond acceptors (Lipinski definition) is 6. The zero-order valence-electron chi connectivity index (χ0n) is 10.4. The summed E-state index contributed by atoms with van der Waals surface area (Å²) in [4.78, 5) is 15.6. The van der Waals surface area contributed by atoms with E-state index in [0.29, 0.717) is 37.6 Å². The molecule has 6 heteroatoms. The van der Waals surface area contributed by atoms with E-state index in [4.69, 9.17) is 9.84 Å². The molecule has 0 aromatic carbocycles. The molecule has 0 fully saturated rings. The van der Waals surface area contributed by atoms with Crippen molar-refractivity contribution < 1.29 is 19.4 Å². The Balaban J connectivity index is 2.39. The van der Waals surface area contributed by atoms with Crippen molar-refractivity contribution in [2.24, 2.45) is 0 Å². The minimum atomic E-state index is -0.392. The molecular formula is C12H18N2O4. The van der Waals surface area contributed by atoms with Gasteiger partial charge in [-0.3, -0.25) is 4.98 Å². The van der Waals surface area contributed by atoms with Gasteiger partial charge in [-0.2, -0.15) is 0 Å². The van der Waals surface area contributed by atoms with E-state index in [1.165, 1.54) is 7.11 Å². The van der Waals surface area contributed by atoms with E-state index >= 15 is 0 Å². The predicted octanol–water partition coefficient (Wildman–Crippen LogP) is -0.0333. The molecular weight excluding hydrogens is 236 g/mol. The summed E-state index contributed by atoms with van der Waals surface area (Å²) in [6.07, 6.45) is 1.63. The molecule has 0 aliphatic carbocycles. The molecule has 2 N–H and O–H groups in total. The van der Waals surface area contributed by atoms with Gasteiger partial charge in [-0.15, -0.1) is 0 Å². The van der Waals surface area contributed by atoms with E-state index in [1.54, 1.807) is 18.3 Å². The molecule has 1 aromatic heterocycles. The molecule has 0 spiro atoms. The van der Waals surface area contributed by atoms with Crippen LogP contribution in [0.2, 0.25) is 0 Å². The number of ether oxygens (including phenoxy) is 2. The van der Waals surface area contributed by atoms with E-state index in [0.717, 1.165) is 0 Å². The number of hydrogen-bond donors (Lipinski definition) is 2. The molecule has 0 radical (unpaired) electrons. The van der Waals surface area contributed by atoms with Gasteiger partial charge >= 0.3 is 5.97 Å². The number of nitrogens with zero attached hydrogens (tertiary/aromatic N) is 1. The van der Waals surface area contributed by atoms with Gasteiger partial charge in [0.05, 0.1) is 38.2 Å². The highest BCUT2D eigenvalue weighted by molar-refractivity contribution is 5.90. The van der Waals surface area contributed by atoms with Crippen molar-refractivity contribution in [3.05, 3.63) is 29.6 Å². The van der Waals surface area contributed by atoms with Crippen molar-refractivity contribution in [1.82, 2.24) is 10.3 Å². The first-order valence-electron chi connectivity index (χ1n) is 5.71. The summed E-state index contributed by atoms with van der Waals surface area (Å²) in [7, 11) is 1.34. The molecule has 1 rings (SSSR count). The Morgan fingerprint density at radius 3 is 3.06 bits per heavy atom. The lowest BCUT2D eigenvalue weighted by molar-refractivity contribution is 0.0598. The normalized spacial score (nSPS) is 10.3. The predicted molar refractivity (Wildman–Crippen MR) is 65.2 cm³/mol. The highest BCUT2D eigenvalue weighted by Gasteiger charge is 2.11. The highest BCUT2D eigenvalue weighted by atomic mass is 16.5. The maximum Gasteiger partial charge on any atom is 0.339 e. The Bertz CT molecular complexity index is 371. The molecule has 0 amide bonds. The van der Waals surface area contributed by atoms with Crippen molar-refractivity contribution in [2.45, 2.75) is 6.54 Å². The lowest BCUT2D eigenvalue weighted by Gasteiger charge is -2.08. The number of methoxy groups -OCH3 is 1. The second-order valence-corrected chi connectivity index (χ2v) is 3.50. The maximum absolute atomic E-state index is 11.5.